The van der Waals surface area contributed by atoms with Crippen molar-refractivity contribution in [2.75, 3.05) is 31.7 Å². The number of amides is 1. The molecular weight excluding hydrogens is 516 g/mol. The molecule has 1 aliphatic heterocycles. The molecule has 2 aromatic rings. The fourth-order valence-corrected chi connectivity index (χ4v) is 6.17. The Morgan fingerprint density at radius 1 is 1.16 bits per heavy atom. The minimum Gasteiger partial charge on any atom is -0.496 e. The van der Waals surface area contributed by atoms with Gasteiger partial charge < -0.3 is 19.8 Å². The Labute approximate surface area is 229 Å². The summed E-state index contributed by atoms with van der Waals surface area (Å²) < 4.78 is 36.5. The van der Waals surface area contributed by atoms with Crippen molar-refractivity contribution in [1.29, 1.82) is 0 Å². The highest BCUT2D eigenvalue weighted by molar-refractivity contribution is 7.91. The minimum absolute atomic E-state index is 0.0262. The maximum Gasteiger partial charge on any atom is 0.256 e. The summed E-state index contributed by atoms with van der Waals surface area (Å²) in [7, 11) is -3.77. The average molecular weight is 559 g/mol. The molecule has 0 spiro atoms. The highest BCUT2D eigenvalue weighted by Crippen LogP contribution is 2.37. The number of carbonyl (C=O) groups excluding carboxylic acids is 1. The Balaban J connectivity index is 1.99. The fraction of sp³-hybridized carbons (Fsp3) is 0.483. The van der Waals surface area contributed by atoms with Gasteiger partial charge in [-0.1, -0.05) is 45.9 Å². The molecule has 1 heterocycles. The number of anilines is 1. The number of hydrogen-bond donors (Lipinski definition) is 1. The van der Waals surface area contributed by atoms with Crippen LogP contribution in [0.2, 0.25) is 18.1 Å². The van der Waals surface area contributed by atoms with Crippen molar-refractivity contribution in [1.82, 2.24) is 4.90 Å². The van der Waals surface area contributed by atoms with Gasteiger partial charge in [0.15, 0.2) is 18.2 Å². The van der Waals surface area contributed by atoms with E-state index in [1.165, 1.54) is 0 Å². The lowest BCUT2D eigenvalue weighted by molar-refractivity contribution is 0.0655. The lowest BCUT2D eigenvalue weighted by Gasteiger charge is -2.40. The Bertz CT molecular complexity index is 1310. The first-order valence-corrected chi connectivity index (χ1v) is 17.6. The molecule has 0 bridgehead atoms. The number of ether oxygens (including phenoxy) is 1. The molecule has 0 aromatic heterocycles. The number of sulfone groups is 1. The van der Waals surface area contributed by atoms with Crippen LogP contribution in [0.15, 0.2) is 47.4 Å². The first kappa shape index (κ1) is 29.9. The van der Waals surface area contributed by atoms with Crippen LogP contribution in [-0.4, -0.2) is 59.6 Å². The Hall–Kier alpha value is -2.62. The Morgan fingerprint density at radius 2 is 1.79 bits per heavy atom. The molecule has 208 valence electrons. The number of aryl methyl sites for hydroxylation is 1. The first-order chi connectivity index (χ1) is 17.6. The van der Waals surface area contributed by atoms with Crippen LogP contribution in [0, 0.1) is 6.92 Å². The molecular formula is C29H42N2O5SSi. The van der Waals surface area contributed by atoms with Crippen molar-refractivity contribution in [3.8, 4) is 5.75 Å². The van der Waals surface area contributed by atoms with Crippen molar-refractivity contribution >= 4 is 35.3 Å². The molecule has 0 saturated heterocycles. The van der Waals surface area contributed by atoms with E-state index in [0.717, 1.165) is 16.7 Å². The fourth-order valence-electron chi connectivity index (χ4n) is 4.27. The predicted molar refractivity (Wildman–Crippen MR) is 157 cm³/mol. The summed E-state index contributed by atoms with van der Waals surface area (Å²) in [5.74, 6) is 0.516. The average Bonchev–Trinajstić information content (AvgIpc) is 2.86. The largest absolute Gasteiger partial charge is 0.496 e. The first-order valence-electron chi connectivity index (χ1n) is 13.0. The number of nitrogen functional groups attached to an aromatic ring is 1. The van der Waals surface area contributed by atoms with Gasteiger partial charge >= 0.3 is 0 Å². The van der Waals surface area contributed by atoms with Crippen molar-refractivity contribution in [3.05, 3.63) is 59.2 Å². The summed E-state index contributed by atoms with van der Waals surface area (Å²) in [5, 5.41) is 0.0262. The van der Waals surface area contributed by atoms with Gasteiger partial charge in [0.1, 0.15) is 5.75 Å². The standard InChI is InChI=1S/C29H42N2O5SSi/c1-9-37(33,34)24-12-10-21(11-13-24)22-14-15-31(23(17-22)19-36-38(7,8)29(3,4)5)28(32)25-18-27(35-6)20(2)16-26(25)30/h10-13,16-18,23H,9,14-15,19,30H2,1-8H3/t23-/m0/s1. The molecule has 2 N–H and O–H groups in total. The zero-order chi connectivity index (χ0) is 28.5. The number of nitrogens with zero attached hydrogens (tertiary/aromatic N) is 1. The third-order valence-electron chi connectivity index (χ3n) is 7.86. The predicted octanol–water partition coefficient (Wildman–Crippen LogP) is 5.70. The molecule has 1 amide bonds. The molecule has 3 rings (SSSR count). The van der Waals surface area contributed by atoms with E-state index in [9.17, 15) is 13.2 Å². The second kappa shape index (κ2) is 11.2. The van der Waals surface area contributed by atoms with Crippen LogP contribution >= 0.6 is 0 Å². The Morgan fingerprint density at radius 3 is 2.34 bits per heavy atom. The van der Waals surface area contributed by atoms with Gasteiger partial charge in [-0.25, -0.2) is 8.42 Å². The number of benzene rings is 2. The van der Waals surface area contributed by atoms with Gasteiger partial charge in [0.25, 0.3) is 5.91 Å². The molecule has 0 aliphatic carbocycles. The van der Waals surface area contributed by atoms with Gasteiger partial charge in [-0.05, 0) is 72.4 Å². The summed E-state index contributed by atoms with van der Waals surface area (Å²) in [6.07, 6.45) is 2.71. The number of rotatable bonds is 8. The van der Waals surface area contributed by atoms with Crippen LogP contribution < -0.4 is 10.5 Å². The summed E-state index contributed by atoms with van der Waals surface area (Å²) >= 11 is 0. The summed E-state index contributed by atoms with van der Waals surface area (Å²) in [4.78, 5) is 16.0. The highest BCUT2D eigenvalue weighted by Gasteiger charge is 2.39. The van der Waals surface area contributed by atoms with Crippen molar-refractivity contribution in [3.63, 3.8) is 0 Å². The molecule has 0 saturated carbocycles. The normalized spacial score (nSPS) is 16.8. The van der Waals surface area contributed by atoms with E-state index in [-0.39, 0.29) is 22.7 Å². The summed E-state index contributed by atoms with van der Waals surface area (Å²) in [6, 6.07) is 10.2. The zero-order valence-electron chi connectivity index (χ0n) is 23.9. The van der Waals surface area contributed by atoms with Crippen molar-refractivity contribution in [2.45, 2.75) is 70.1 Å². The quantitative estimate of drug-likeness (QED) is 0.330. The lowest BCUT2D eigenvalue weighted by Crippen LogP contribution is -2.49. The molecule has 1 aliphatic rings. The molecule has 9 heteroatoms. The SMILES string of the molecule is CCS(=O)(=O)c1ccc(C2=C[C@@H](CO[Si](C)(C)C(C)(C)C)N(C(=O)c3cc(OC)c(C)cc3N)CC2)cc1. The molecule has 0 radical (unpaired) electrons. The molecule has 0 unspecified atom stereocenters. The lowest BCUT2D eigenvalue weighted by atomic mass is 9.95. The monoisotopic (exact) mass is 558 g/mol. The van der Waals surface area contributed by atoms with Crippen molar-refractivity contribution in [2.24, 2.45) is 0 Å². The maximum atomic E-state index is 13.8. The third kappa shape index (κ3) is 6.32. The smallest absolute Gasteiger partial charge is 0.256 e. The number of hydrogen-bond acceptors (Lipinski definition) is 6. The van der Waals surface area contributed by atoms with Gasteiger partial charge in [-0.2, -0.15) is 0 Å². The van der Waals surface area contributed by atoms with Crippen LogP contribution in [0.3, 0.4) is 0 Å². The summed E-state index contributed by atoms with van der Waals surface area (Å²) in [6.45, 7) is 15.4. The zero-order valence-corrected chi connectivity index (χ0v) is 25.7. The van der Waals surface area contributed by atoms with Crippen LogP contribution in [0.1, 0.15) is 55.6 Å². The van der Waals surface area contributed by atoms with Crippen molar-refractivity contribution < 1.29 is 22.4 Å². The highest BCUT2D eigenvalue weighted by atomic mass is 32.2. The second-order valence-electron chi connectivity index (χ2n) is 11.4. The Kier molecular flexibility index (Phi) is 8.85. The summed E-state index contributed by atoms with van der Waals surface area (Å²) in [5.41, 5.74) is 9.99. The van der Waals surface area contributed by atoms with Crippen LogP contribution in [0.4, 0.5) is 5.69 Å². The molecule has 7 nitrogen and oxygen atoms in total. The van der Waals surface area contributed by atoms with Crippen LogP contribution in [-0.2, 0) is 14.3 Å². The molecule has 38 heavy (non-hydrogen) atoms. The molecule has 2 aromatic carbocycles. The topological polar surface area (TPSA) is 98.9 Å². The molecule has 0 fully saturated rings. The van der Waals surface area contributed by atoms with Gasteiger partial charge in [0.2, 0.25) is 0 Å². The van der Waals surface area contributed by atoms with E-state index in [4.69, 9.17) is 14.9 Å². The van der Waals surface area contributed by atoms with Gasteiger partial charge in [-0.3, -0.25) is 4.79 Å². The minimum atomic E-state index is -3.27. The molecule has 1 atom stereocenters. The van der Waals surface area contributed by atoms with E-state index in [2.05, 4.69) is 39.9 Å². The number of carbonyl (C=O) groups is 1. The maximum absolute atomic E-state index is 13.8. The van der Waals surface area contributed by atoms with Crippen LogP contribution in [0.25, 0.3) is 5.57 Å². The van der Waals surface area contributed by atoms with E-state index in [1.54, 1.807) is 38.3 Å². The van der Waals surface area contributed by atoms with E-state index in [1.807, 2.05) is 24.0 Å². The van der Waals surface area contributed by atoms with E-state index < -0.39 is 18.2 Å². The number of methoxy groups -OCH3 is 1. The van der Waals surface area contributed by atoms with E-state index >= 15 is 0 Å². The third-order valence-corrected chi connectivity index (χ3v) is 14.1. The van der Waals surface area contributed by atoms with E-state index in [0.29, 0.717) is 41.5 Å². The van der Waals surface area contributed by atoms with Crippen LogP contribution in [0.5, 0.6) is 5.75 Å². The van der Waals surface area contributed by atoms with Gasteiger partial charge in [0.05, 0.1) is 36.0 Å². The van der Waals surface area contributed by atoms with Gasteiger partial charge in [-0.15, -0.1) is 0 Å². The number of nitrogens with two attached hydrogens (primary N) is 1. The van der Waals surface area contributed by atoms with Gasteiger partial charge in [0, 0.05) is 12.2 Å². The second-order valence-corrected chi connectivity index (χ2v) is 18.5.